The number of amides is 1. The number of rotatable bonds is 6. The first-order valence-corrected chi connectivity index (χ1v) is 8.73. The summed E-state index contributed by atoms with van der Waals surface area (Å²) in [4.78, 5) is 14.5. The molecular weight excluding hydrogens is 288 g/mol. The molecule has 2 unspecified atom stereocenters. The van der Waals surface area contributed by atoms with E-state index in [9.17, 15) is 9.90 Å². The molecule has 0 bridgehead atoms. The first kappa shape index (κ1) is 18.0. The fourth-order valence-electron chi connectivity index (χ4n) is 3.09. The Bertz CT molecular complexity index is 481. The fourth-order valence-corrected chi connectivity index (χ4v) is 3.09. The van der Waals surface area contributed by atoms with Crippen LogP contribution < -0.4 is 5.32 Å². The van der Waals surface area contributed by atoms with Gasteiger partial charge in [-0.1, -0.05) is 44.2 Å². The van der Waals surface area contributed by atoms with Crippen molar-refractivity contribution in [2.45, 2.75) is 58.2 Å². The molecule has 1 heterocycles. The molecule has 1 aliphatic rings. The van der Waals surface area contributed by atoms with Gasteiger partial charge in [0.05, 0.1) is 12.5 Å². The number of piperidine rings is 1. The number of carbonyl (C=O) groups is 1. The van der Waals surface area contributed by atoms with E-state index in [1.54, 1.807) is 0 Å². The van der Waals surface area contributed by atoms with Crippen molar-refractivity contribution in [3.05, 3.63) is 35.9 Å². The van der Waals surface area contributed by atoms with Gasteiger partial charge in [0.1, 0.15) is 0 Å². The van der Waals surface area contributed by atoms with Gasteiger partial charge in [0.2, 0.25) is 5.91 Å². The van der Waals surface area contributed by atoms with E-state index in [1.807, 2.05) is 19.9 Å². The predicted octanol–water partition coefficient (Wildman–Crippen LogP) is 2.74. The van der Waals surface area contributed by atoms with Crippen LogP contribution in [0.4, 0.5) is 0 Å². The van der Waals surface area contributed by atoms with E-state index in [0.717, 1.165) is 25.9 Å². The zero-order valence-electron chi connectivity index (χ0n) is 14.5. The zero-order chi connectivity index (χ0) is 16.8. The summed E-state index contributed by atoms with van der Waals surface area (Å²) >= 11 is 0. The molecule has 1 amide bonds. The molecule has 1 aromatic rings. The summed E-state index contributed by atoms with van der Waals surface area (Å²) in [5.74, 6) is 0.0927. The fraction of sp³-hybridized carbons (Fsp3) is 0.632. The van der Waals surface area contributed by atoms with Crippen LogP contribution in [0.2, 0.25) is 0 Å². The molecule has 1 fully saturated rings. The Labute approximate surface area is 139 Å². The number of nitrogens with one attached hydrogen (secondary N) is 1. The molecule has 1 saturated heterocycles. The van der Waals surface area contributed by atoms with E-state index in [2.05, 4.69) is 41.4 Å². The molecular formula is C19H30N2O2. The first-order valence-electron chi connectivity index (χ1n) is 8.73. The Morgan fingerprint density at radius 2 is 1.83 bits per heavy atom. The number of aliphatic hydroxyl groups is 1. The molecule has 128 valence electrons. The molecule has 0 aliphatic carbocycles. The van der Waals surface area contributed by atoms with Crippen molar-refractivity contribution in [2.24, 2.45) is 5.92 Å². The number of carbonyl (C=O) groups excluding carboxylic acids is 1. The average molecular weight is 318 g/mol. The summed E-state index contributed by atoms with van der Waals surface area (Å²) < 4.78 is 0. The zero-order valence-corrected chi connectivity index (χ0v) is 14.5. The molecule has 2 atom stereocenters. The van der Waals surface area contributed by atoms with E-state index in [-0.39, 0.29) is 24.3 Å². The molecule has 1 aromatic carbocycles. The Morgan fingerprint density at radius 3 is 2.39 bits per heavy atom. The Hall–Kier alpha value is -1.39. The molecule has 2 N–H and O–H groups in total. The molecule has 1 aliphatic heterocycles. The minimum atomic E-state index is -0.548. The molecule has 0 radical (unpaired) electrons. The molecule has 23 heavy (non-hydrogen) atoms. The van der Waals surface area contributed by atoms with Crippen LogP contribution in [0.25, 0.3) is 0 Å². The first-order chi connectivity index (χ1) is 11.0. The molecule has 0 aromatic heterocycles. The van der Waals surface area contributed by atoms with Gasteiger partial charge in [-0.2, -0.15) is 0 Å². The lowest BCUT2D eigenvalue weighted by Crippen LogP contribution is -2.46. The highest BCUT2D eigenvalue weighted by molar-refractivity contribution is 5.76. The standard InChI is InChI=1S/C19H30N2O2/c1-14(2)18(22)13-19(23)20-17-9-11-21(12-10-17)15(3)16-7-5-4-6-8-16/h4-8,14-15,17-18,22H,9-13H2,1-3H3,(H,20,23). The maximum atomic E-state index is 12.0. The smallest absolute Gasteiger partial charge is 0.222 e. The van der Waals surface area contributed by atoms with Gasteiger partial charge in [-0.05, 0) is 31.2 Å². The van der Waals surface area contributed by atoms with Gasteiger partial charge >= 0.3 is 0 Å². The lowest BCUT2D eigenvalue weighted by atomic mass is 9.99. The molecule has 0 spiro atoms. The number of hydrogen-bond donors (Lipinski definition) is 2. The number of hydrogen-bond acceptors (Lipinski definition) is 3. The number of likely N-dealkylation sites (tertiary alicyclic amines) is 1. The summed E-state index contributed by atoms with van der Waals surface area (Å²) in [5.41, 5.74) is 1.34. The summed E-state index contributed by atoms with van der Waals surface area (Å²) in [7, 11) is 0. The lowest BCUT2D eigenvalue weighted by Gasteiger charge is -2.36. The second-order valence-corrected chi connectivity index (χ2v) is 6.98. The Morgan fingerprint density at radius 1 is 1.22 bits per heavy atom. The summed E-state index contributed by atoms with van der Waals surface area (Å²) in [6.07, 6.45) is 1.60. The third-order valence-corrected chi connectivity index (χ3v) is 4.89. The van der Waals surface area contributed by atoms with Crippen LogP contribution in [0.1, 0.15) is 51.6 Å². The second kappa shape index (κ2) is 8.46. The monoisotopic (exact) mass is 318 g/mol. The lowest BCUT2D eigenvalue weighted by molar-refractivity contribution is -0.124. The highest BCUT2D eigenvalue weighted by Crippen LogP contribution is 2.24. The predicted molar refractivity (Wildman–Crippen MR) is 93.1 cm³/mol. The van der Waals surface area contributed by atoms with Crippen LogP contribution in [0.15, 0.2) is 30.3 Å². The van der Waals surface area contributed by atoms with Crippen molar-refractivity contribution in [3.63, 3.8) is 0 Å². The minimum absolute atomic E-state index is 0.0271. The third kappa shape index (κ3) is 5.33. The summed E-state index contributed by atoms with van der Waals surface area (Å²) in [6, 6.07) is 11.2. The number of nitrogens with zero attached hydrogens (tertiary/aromatic N) is 1. The van der Waals surface area contributed by atoms with Crippen LogP contribution in [0.3, 0.4) is 0 Å². The quantitative estimate of drug-likeness (QED) is 0.848. The Kier molecular flexibility index (Phi) is 6.60. The van der Waals surface area contributed by atoms with Gasteiger partial charge in [0.15, 0.2) is 0 Å². The van der Waals surface area contributed by atoms with Crippen molar-refractivity contribution < 1.29 is 9.90 Å². The third-order valence-electron chi connectivity index (χ3n) is 4.89. The molecule has 4 heteroatoms. The normalized spacial score (nSPS) is 19.5. The SMILES string of the molecule is CC(C)C(O)CC(=O)NC1CCN(C(C)c2ccccc2)CC1. The van der Waals surface area contributed by atoms with Gasteiger partial charge in [0, 0.05) is 25.2 Å². The van der Waals surface area contributed by atoms with Gasteiger partial charge in [-0.15, -0.1) is 0 Å². The van der Waals surface area contributed by atoms with E-state index in [0.29, 0.717) is 6.04 Å². The van der Waals surface area contributed by atoms with E-state index >= 15 is 0 Å². The number of benzene rings is 1. The largest absolute Gasteiger partial charge is 0.392 e. The minimum Gasteiger partial charge on any atom is -0.392 e. The van der Waals surface area contributed by atoms with E-state index in [1.165, 1.54) is 5.56 Å². The van der Waals surface area contributed by atoms with E-state index in [4.69, 9.17) is 0 Å². The molecule has 2 rings (SSSR count). The molecule has 0 saturated carbocycles. The van der Waals surface area contributed by atoms with Crippen molar-refractivity contribution in [2.75, 3.05) is 13.1 Å². The molecule has 4 nitrogen and oxygen atoms in total. The van der Waals surface area contributed by atoms with Crippen molar-refractivity contribution in [1.82, 2.24) is 10.2 Å². The highest BCUT2D eigenvalue weighted by Gasteiger charge is 2.25. The maximum Gasteiger partial charge on any atom is 0.222 e. The van der Waals surface area contributed by atoms with Gasteiger partial charge in [-0.3, -0.25) is 9.69 Å². The van der Waals surface area contributed by atoms with Crippen molar-refractivity contribution >= 4 is 5.91 Å². The topological polar surface area (TPSA) is 52.6 Å². The maximum absolute atomic E-state index is 12.0. The number of aliphatic hydroxyl groups excluding tert-OH is 1. The van der Waals surface area contributed by atoms with E-state index < -0.39 is 6.10 Å². The summed E-state index contributed by atoms with van der Waals surface area (Å²) in [5, 5.41) is 12.9. The van der Waals surface area contributed by atoms with Gasteiger partial charge in [-0.25, -0.2) is 0 Å². The average Bonchev–Trinajstić information content (AvgIpc) is 2.55. The summed E-state index contributed by atoms with van der Waals surface area (Å²) in [6.45, 7) is 8.09. The Balaban J connectivity index is 1.77. The van der Waals surface area contributed by atoms with Crippen LogP contribution >= 0.6 is 0 Å². The van der Waals surface area contributed by atoms with Crippen molar-refractivity contribution in [3.8, 4) is 0 Å². The van der Waals surface area contributed by atoms with Crippen LogP contribution in [0.5, 0.6) is 0 Å². The van der Waals surface area contributed by atoms with Crippen LogP contribution in [-0.4, -0.2) is 41.1 Å². The van der Waals surface area contributed by atoms with Crippen LogP contribution in [0, 0.1) is 5.92 Å². The highest BCUT2D eigenvalue weighted by atomic mass is 16.3. The second-order valence-electron chi connectivity index (χ2n) is 6.98. The van der Waals surface area contributed by atoms with Gasteiger partial charge in [0.25, 0.3) is 0 Å². The van der Waals surface area contributed by atoms with Crippen molar-refractivity contribution in [1.29, 1.82) is 0 Å². The van der Waals surface area contributed by atoms with Crippen LogP contribution in [-0.2, 0) is 4.79 Å². The van der Waals surface area contributed by atoms with Gasteiger partial charge < -0.3 is 10.4 Å².